The Labute approximate surface area is 163 Å². The van der Waals surface area contributed by atoms with Crippen LogP contribution < -0.4 is 0 Å². The highest BCUT2D eigenvalue weighted by Gasteiger charge is 2.17. The molecule has 0 aliphatic rings. The summed E-state index contributed by atoms with van der Waals surface area (Å²) in [7, 11) is 0. The minimum atomic E-state index is -0.647. The molecule has 0 saturated heterocycles. The Morgan fingerprint density at radius 1 is 1.00 bits per heavy atom. The summed E-state index contributed by atoms with van der Waals surface area (Å²) in [5, 5.41) is 11.3. The van der Waals surface area contributed by atoms with E-state index in [1.54, 1.807) is 0 Å². The van der Waals surface area contributed by atoms with E-state index in [1.165, 1.54) is 11.3 Å². The third-order valence-electron chi connectivity index (χ3n) is 3.97. The van der Waals surface area contributed by atoms with Gasteiger partial charge in [0.05, 0.1) is 16.5 Å². The van der Waals surface area contributed by atoms with Gasteiger partial charge in [-0.15, -0.1) is 11.3 Å². The lowest BCUT2D eigenvalue weighted by molar-refractivity contribution is 0.224. The first kappa shape index (κ1) is 18.7. The van der Waals surface area contributed by atoms with Crippen molar-refractivity contribution in [3.63, 3.8) is 0 Å². The first-order valence-corrected chi connectivity index (χ1v) is 9.77. The van der Waals surface area contributed by atoms with Crippen molar-refractivity contribution >= 4 is 28.7 Å². The van der Waals surface area contributed by atoms with E-state index in [4.69, 9.17) is 16.3 Å². The minimum absolute atomic E-state index is 0.537. The molecule has 3 rings (SSSR count). The van der Waals surface area contributed by atoms with Crippen LogP contribution in [-0.4, -0.2) is 11.7 Å². The number of ether oxygens (including phenoxy) is 1. The molecule has 2 aromatic carbocycles. The lowest BCUT2D eigenvalue weighted by Gasteiger charge is -2.11. The average Bonchev–Trinajstić information content (AvgIpc) is 3.16. The van der Waals surface area contributed by atoms with Gasteiger partial charge in [-0.3, -0.25) is 0 Å². The number of benzene rings is 2. The van der Waals surface area contributed by atoms with E-state index in [0.717, 1.165) is 20.9 Å². The van der Waals surface area contributed by atoms with Gasteiger partial charge in [-0.1, -0.05) is 72.3 Å². The Morgan fingerprint density at radius 2 is 1.65 bits per heavy atom. The molecule has 1 atom stereocenters. The van der Waals surface area contributed by atoms with Crippen LogP contribution in [0.4, 0.5) is 0 Å². The maximum absolute atomic E-state index is 10.6. The third-order valence-corrected chi connectivity index (χ3v) is 5.41. The summed E-state index contributed by atoms with van der Waals surface area (Å²) in [4.78, 5) is 1.80. The maximum Gasteiger partial charge on any atom is 0.151 e. The van der Waals surface area contributed by atoms with Crippen LogP contribution in [0.15, 0.2) is 77.8 Å². The van der Waals surface area contributed by atoms with Gasteiger partial charge in [-0.2, -0.15) is 0 Å². The van der Waals surface area contributed by atoms with Crippen molar-refractivity contribution < 1.29 is 9.84 Å². The largest absolute Gasteiger partial charge is 0.491 e. The smallest absolute Gasteiger partial charge is 0.151 e. The summed E-state index contributed by atoms with van der Waals surface area (Å²) in [6, 6.07) is 23.6. The predicted octanol–water partition coefficient (Wildman–Crippen LogP) is 6.02. The van der Waals surface area contributed by atoms with Gasteiger partial charge in [-0.25, -0.2) is 0 Å². The van der Waals surface area contributed by atoms with Gasteiger partial charge in [0.1, 0.15) is 6.10 Å². The lowest BCUT2D eigenvalue weighted by Crippen LogP contribution is -1.96. The van der Waals surface area contributed by atoms with E-state index < -0.39 is 6.10 Å². The van der Waals surface area contributed by atoms with E-state index in [9.17, 15) is 5.11 Å². The fraction of sp³-hybridized carbons (Fsp3) is 0.182. The zero-order chi connectivity index (χ0) is 18.4. The molecule has 0 amide bonds. The molecule has 0 saturated carbocycles. The number of thiophene rings is 1. The number of halogens is 1. The molecule has 0 spiro atoms. The quantitative estimate of drug-likeness (QED) is 0.505. The van der Waals surface area contributed by atoms with Crippen molar-refractivity contribution in [1.82, 2.24) is 0 Å². The predicted molar refractivity (Wildman–Crippen MR) is 109 cm³/mol. The van der Waals surface area contributed by atoms with Gasteiger partial charge in [-0.05, 0) is 30.2 Å². The van der Waals surface area contributed by atoms with E-state index in [0.29, 0.717) is 23.8 Å². The monoisotopic (exact) mass is 384 g/mol. The molecule has 0 radical (unpaired) electrons. The molecule has 1 unspecified atom stereocenters. The van der Waals surface area contributed by atoms with Crippen molar-refractivity contribution in [2.45, 2.75) is 19.4 Å². The highest BCUT2D eigenvalue weighted by Crippen LogP contribution is 2.35. The molecule has 1 N–H and O–H groups in total. The van der Waals surface area contributed by atoms with Crippen LogP contribution in [0.25, 0.3) is 5.76 Å². The van der Waals surface area contributed by atoms with Gasteiger partial charge < -0.3 is 9.84 Å². The molecule has 1 aromatic heterocycles. The topological polar surface area (TPSA) is 29.5 Å². The third kappa shape index (κ3) is 4.55. The first-order valence-electron chi connectivity index (χ1n) is 8.57. The molecule has 0 aliphatic carbocycles. The SMILES string of the molecule is CCO/C(=C(/Cl)Cc1ccccc1)c1ccc(C(O)c2ccccc2)s1. The van der Waals surface area contributed by atoms with Crippen molar-refractivity contribution in [3.8, 4) is 0 Å². The van der Waals surface area contributed by atoms with Crippen LogP contribution in [0.1, 0.15) is 33.9 Å². The maximum atomic E-state index is 10.6. The van der Waals surface area contributed by atoms with Crippen LogP contribution in [0, 0.1) is 0 Å². The van der Waals surface area contributed by atoms with Gasteiger partial charge in [0, 0.05) is 11.3 Å². The number of hydrogen-bond donors (Lipinski definition) is 1. The summed E-state index contributed by atoms with van der Waals surface area (Å²) < 4.78 is 5.84. The summed E-state index contributed by atoms with van der Waals surface area (Å²) >= 11 is 8.10. The van der Waals surface area contributed by atoms with Crippen LogP contribution in [0.2, 0.25) is 0 Å². The number of aliphatic hydroxyl groups is 1. The molecule has 134 valence electrons. The molecular weight excluding hydrogens is 364 g/mol. The fourth-order valence-electron chi connectivity index (χ4n) is 2.70. The van der Waals surface area contributed by atoms with Crippen molar-refractivity contribution in [2.24, 2.45) is 0 Å². The number of aliphatic hydroxyl groups excluding tert-OH is 1. The van der Waals surface area contributed by atoms with Crippen molar-refractivity contribution in [3.05, 3.63) is 98.7 Å². The second-order valence-electron chi connectivity index (χ2n) is 5.84. The molecule has 1 heterocycles. The summed E-state index contributed by atoms with van der Waals surface area (Å²) in [6.45, 7) is 2.48. The van der Waals surface area contributed by atoms with Gasteiger partial charge >= 0.3 is 0 Å². The van der Waals surface area contributed by atoms with Crippen molar-refractivity contribution in [1.29, 1.82) is 0 Å². The van der Waals surface area contributed by atoms with Gasteiger partial charge in [0.2, 0.25) is 0 Å². The molecule has 3 aromatic rings. The zero-order valence-corrected chi connectivity index (χ0v) is 16.1. The zero-order valence-electron chi connectivity index (χ0n) is 14.6. The normalized spacial score (nSPS) is 13.2. The molecule has 2 nitrogen and oxygen atoms in total. The van der Waals surface area contributed by atoms with Gasteiger partial charge in [0.25, 0.3) is 0 Å². The molecular formula is C22H21ClO2S. The summed E-state index contributed by atoms with van der Waals surface area (Å²) in [6.07, 6.45) is -0.0302. The minimum Gasteiger partial charge on any atom is -0.491 e. The standard InChI is InChI=1S/C22H21ClO2S/c1-2-25-22(18(23)15-16-9-5-3-6-10-16)20-14-13-19(26-20)21(24)17-11-7-4-8-12-17/h3-14,21,24H,2,15H2,1H3/b22-18+. The molecule has 0 bridgehead atoms. The van der Waals surface area contributed by atoms with Crippen LogP contribution in [0.5, 0.6) is 0 Å². The van der Waals surface area contributed by atoms with Crippen molar-refractivity contribution in [2.75, 3.05) is 6.61 Å². The lowest BCUT2D eigenvalue weighted by atomic mass is 10.1. The molecule has 26 heavy (non-hydrogen) atoms. The van der Waals surface area contributed by atoms with Gasteiger partial charge in [0.15, 0.2) is 5.76 Å². The Balaban J connectivity index is 1.87. The highest BCUT2D eigenvalue weighted by atomic mass is 35.5. The highest BCUT2D eigenvalue weighted by molar-refractivity contribution is 7.13. The average molecular weight is 385 g/mol. The molecule has 0 aliphatic heterocycles. The van der Waals surface area contributed by atoms with E-state index >= 15 is 0 Å². The Morgan fingerprint density at radius 3 is 2.31 bits per heavy atom. The number of allylic oxidation sites excluding steroid dienone is 1. The summed E-state index contributed by atoms with van der Waals surface area (Å²) in [5.41, 5.74) is 2.01. The second kappa shape index (κ2) is 9.04. The van der Waals surface area contributed by atoms with Crippen LogP contribution in [0.3, 0.4) is 0 Å². The van der Waals surface area contributed by atoms with E-state index in [2.05, 4.69) is 0 Å². The van der Waals surface area contributed by atoms with E-state index in [-0.39, 0.29) is 0 Å². The van der Waals surface area contributed by atoms with Crippen LogP contribution >= 0.6 is 22.9 Å². The summed E-state index contributed by atoms with van der Waals surface area (Å²) in [5.74, 6) is 0.689. The van der Waals surface area contributed by atoms with Crippen LogP contribution in [-0.2, 0) is 11.2 Å². The fourth-order valence-corrected chi connectivity index (χ4v) is 4.12. The Bertz CT molecular complexity index is 856. The first-order chi connectivity index (χ1) is 12.7. The Hall–Kier alpha value is -2.07. The Kier molecular flexibility index (Phi) is 6.51. The molecule has 0 fully saturated rings. The second-order valence-corrected chi connectivity index (χ2v) is 7.42. The number of hydrogen-bond acceptors (Lipinski definition) is 3. The molecule has 4 heteroatoms. The van der Waals surface area contributed by atoms with E-state index in [1.807, 2.05) is 79.7 Å². The number of rotatable bonds is 7.